The predicted octanol–water partition coefficient (Wildman–Crippen LogP) is 2.70. The molecule has 1 fully saturated rings. The van der Waals surface area contributed by atoms with Crippen LogP contribution in [-0.4, -0.2) is 41.4 Å². The van der Waals surface area contributed by atoms with Crippen molar-refractivity contribution in [2.24, 2.45) is 5.92 Å². The number of carbonyl (C=O) groups excluding carboxylic acids is 1. The van der Waals surface area contributed by atoms with E-state index in [4.69, 9.17) is 0 Å². The molecule has 2 heterocycles. The van der Waals surface area contributed by atoms with Crippen LogP contribution in [-0.2, 0) is 11.2 Å². The summed E-state index contributed by atoms with van der Waals surface area (Å²) in [6.07, 6.45) is 3.88. The monoisotopic (exact) mass is 311 g/mol. The normalized spacial score (nSPS) is 29.2. The molecule has 5 heteroatoms. The molecule has 1 aliphatic carbocycles. The maximum Gasteiger partial charge on any atom is 0.239 e. The lowest BCUT2D eigenvalue weighted by atomic mass is 10.0. The number of aliphatic hydroxyl groups is 1. The summed E-state index contributed by atoms with van der Waals surface area (Å²) in [5.74, 6) is 1.50. The van der Waals surface area contributed by atoms with Gasteiger partial charge < -0.3 is 10.0 Å². The lowest BCUT2D eigenvalue weighted by molar-refractivity contribution is -0.130. The van der Waals surface area contributed by atoms with Crippen LogP contribution in [0, 0.1) is 5.92 Å². The standard InChI is InChI=1S/C15H21NO2S2/c1-16(9-10-3-2-4-12(10)17)15(18)14-11-5-7-19-13(11)6-8-20-14/h5,7,10,12,14,17H,2-4,6,8-9H2,1H3. The number of aliphatic hydroxyl groups excluding tert-OH is 1. The number of hydrogen-bond acceptors (Lipinski definition) is 4. The zero-order valence-electron chi connectivity index (χ0n) is 11.7. The molecule has 3 unspecified atom stereocenters. The fraction of sp³-hybridized carbons (Fsp3) is 0.667. The number of aryl methyl sites for hydroxylation is 1. The van der Waals surface area contributed by atoms with Gasteiger partial charge in [0.15, 0.2) is 0 Å². The molecule has 20 heavy (non-hydrogen) atoms. The number of rotatable bonds is 3. The molecule has 3 nitrogen and oxygen atoms in total. The molecule has 1 saturated carbocycles. The molecule has 1 aliphatic heterocycles. The zero-order valence-corrected chi connectivity index (χ0v) is 13.4. The van der Waals surface area contributed by atoms with Crippen LogP contribution in [0.15, 0.2) is 11.4 Å². The maximum atomic E-state index is 12.7. The van der Waals surface area contributed by atoms with Gasteiger partial charge >= 0.3 is 0 Å². The molecular formula is C15H21NO2S2. The van der Waals surface area contributed by atoms with Crippen molar-refractivity contribution in [3.05, 3.63) is 21.9 Å². The van der Waals surface area contributed by atoms with Crippen LogP contribution in [0.3, 0.4) is 0 Å². The van der Waals surface area contributed by atoms with Crippen LogP contribution in [0.2, 0.25) is 0 Å². The fourth-order valence-corrected chi connectivity index (χ4v) is 5.63. The maximum absolute atomic E-state index is 12.7. The highest BCUT2D eigenvalue weighted by molar-refractivity contribution is 8.00. The Labute approximate surface area is 128 Å². The first-order valence-electron chi connectivity index (χ1n) is 7.27. The van der Waals surface area contributed by atoms with Gasteiger partial charge in [-0.1, -0.05) is 6.42 Å². The van der Waals surface area contributed by atoms with Crippen LogP contribution < -0.4 is 0 Å². The van der Waals surface area contributed by atoms with E-state index in [1.165, 1.54) is 10.4 Å². The van der Waals surface area contributed by atoms with E-state index < -0.39 is 0 Å². The number of likely N-dealkylation sites (N-methyl/N-ethyl adjacent to an activating group) is 1. The Morgan fingerprint density at radius 3 is 3.10 bits per heavy atom. The average molecular weight is 311 g/mol. The summed E-state index contributed by atoms with van der Waals surface area (Å²) in [6.45, 7) is 0.691. The Bertz CT molecular complexity index is 488. The molecule has 2 aliphatic rings. The van der Waals surface area contributed by atoms with E-state index >= 15 is 0 Å². The van der Waals surface area contributed by atoms with Gasteiger partial charge in [0.2, 0.25) is 5.91 Å². The number of thiophene rings is 1. The minimum atomic E-state index is -0.221. The number of hydrogen-bond donors (Lipinski definition) is 1. The Morgan fingerprint density at radius 2 is 2.35 bits per heavy atom. The second-order valence-electron chi connectivity index (χ2n) is 5.78. The Hall–Kier alpha value is -0.520. The highest BCUT2D eigenvalue weighted by Crippen LogP contribution is 2.40. The fourth-order valence-electron chi connectivity index (χ4n) is 3.22. The first-order chi connectivity index (χ1) is 9.66. The number of thioether (sulfide) groups is 1. The smallest absolute Gasteiger partial charge is 0.239 e. The molecule has 0 aromatic carbocycles. The highest BCUT2D eigenvalue weighted by Gasteiger charge is 2.33. The summed E-state index contributed by atoms with van der Waals surface area (Å²) in [5, 5.41) is 12.0. The third-order valence-electron chi connectivity index (χ3n) is 4.40. The molecule has 0 spiro atoms. The molecule has 110 valence electrons. The number of amides is 1. The summed E-state index contributed by atoms with van der Waals surface area (Å²) in [5.41, 5.74) is 1.22. The highest BCUT2D eigenvalue weighted by atomic mass is 32.2. The number of nitrogens with zero attached hydrogens (tertiary/aromatic N) is 1. The Balaban J connectivity index is 1.67. The second kappa shape index (κ2) is 6.08. The third kappa shape index (κ3) is 2.76. The number of fused-ring (bicyclic) bond motifs is 1. The molecule has 3 atom stereocenters. The van der Waals surface area contributed by atoms with Gasteiger partial charge in [-0.2, -0.15) is 0 Å². The van der Waals surface area contributed by atoms with Crippen molar-refractivity contribution in [1.82, 2.24) is 4.90 Å². The first kappa shape index (κ1) is 14.4. The van der Waals surface area contributed by atoms with E-state index in [0.717, 1.165) is 31.4 Å². The van der Waals surface area contributed by atoms with Crippen LogP contribution in [0.5, 0.6) is 0 Å². The zero-order chi connectivity index (χ0) is 14.1. The van der Waals surface area contributed by atoms with E-state index in [2.05, 4.69) is 11.4 Å². The minimum Gasteiger partial charge on any atom is -0.393 e. The average Bonchev–Trinajstić information content (AvgIpc) is 3.07. The lowest BCUT2D eigenvalue weighted by Crippen LogP contribution is -2.37. The van der Waals surface area contributed by atoms with Crippen molar-refractivity contribution in [2.75, 3.05) is 19.3 Å². The molecule has 0 bridgehead atoms. The van der Waals surface area contributed by atoms with Gasteiger partial charge in [0, 0.05) is 24.4 Å². The van der Waals surface area contributed by atoms with Crippen molar-refractivity contribution in [1.29, 1.82) is 0 Å². The molecule has 0 saturated heterocycles. The lowest BCUT2D eigenvalue weighted by Gasteiger charge is -2.29. The Kier molecular flexibility index (Phi) is 4.38. The van der Waals surface area contributed by atoms with E-state index in [0.29, 0.717) is 6.54 Å². The third-order valence-corrected chi connectivity index (χ3v) is 6.63. The van der Waals surface area contributed by atoms with Gasteiger partial charge in [0.1, 0.15) is 5.25 Å². The SMILES string of the molecule is CN(CC1CCCC1O)C(=O)C1SCCc2sccc21. The van der Waals surface area contributed by atoms with E-state index in [-0.39, 0.29) is 23.2 Å². The van der Waals surface area contributed by atoms with Crippen LogP contribution in [0.1, 0.15) is 35.0 Å². The van der Waals surface area contributed by atoms with E-state index in [9.17, 15) is 9.90 Å². The Morgan fingerprint density at radius 1 is 1.50 bits per heavy atom. The molecular weight excluding hydrogens is 290 g/mol. The molecule has 1 N–H and O–H groups in total. The van der Waals surface area contributed by atoms with Gasteiger partial charge in [-0.05, 0) is 42.0 Å². The summed E-state index contributed by atoms with van der Waals surface area (Å²) < 4.78 is 0. The van der Waals surface area contributed by atoms with Crippen molar-refractivity contribution in [2.45, 2.75) is 37.0 Å². The van der Waals surface area contributed by atoms with Crippen LogP contribution in [0.25, 0.3) is 0 Å². The topological polar surface area (TPSA) is 40.5 Å². The van der Waals surface area contributed by atoms with Gasteiger partial charge in [0.25, 0.3) is 0 Å². The molecule has 1 amide bonds. The van der Waals surface area contributed by atoms with Crippen molar-refractivity contribution < 1.29 is 9.90 Å². The molecule has 1 aromatic heterocycles. The summed E-state index contributed by atoms with van der Waals surface area (Å²) in [6, 6.07) is 2.10. The van der Waals surface area contributed by atoms with Gasteiger partial charge in [0.05, 0.1) is 6.10 Å². The first-order valence-corrected chi connectivity index (χ1v) is 9.20. The van der Waals surface area contributed by atoms with Crippen molar-refractivity contribution in [3.8, 4) is 0 Å². The van der Waals surface area contributed by atoms with Crippen molar-refractivity contribution in [3.63, 3.8) is 0 Å². The van der Waals surface area contributed by atoms with Gasteiger partial charge in [-0.15, -0.1) is 23.1 Å². The molecule has 1 aromatic rings. The van der Waals surface area contributed by atoms with Crippen LogP contribution in [0.4, 0.5) is 0 Å². The quantitative estimate of drug-likeness (QED) is 0.933. The molecule has 0 radical (unpaired) electrons. The van der Waals surface area contributed by atoms with Crippen LogP contribution >= 0.6 is 23.1 Å². The summed E-state index contributed by atoms with van der Waals surface area (Å²) in [7, 11) is 1.88. The molecule has 3 rings (SSSR count). The summed E-state index contributed by atoms with van der Waals surface area (Å²) in [4.78, 5) is 15.9. The predicted molar refractivity (Wildman–Crippen MR) is 84.2 cm³/mol. The number of carbonyl (C=O) groups is 1. The second-order valence-corrected chi connectivity index (χ2v) is 7.99. The largest absolute Gasteiger partial charge is 0.393 e. The summed E-state index contributed by atoms with van der Waals surface area (Å²) >= 11 is 3.53. The van der Waals surface area contributed by atoms with Crippen molar-refractivity contribution >= 4 is 29.0 Å². The van der Waals surface area contributed by atoms with E-state index in [1.807, 2.05) is 11.9 Å². The minimum absolute atomic E-state index is 0.0338. The van der Waals surface area contributed by atoms with Gasteiger partial charge in [-0.25, -0.2) is 0 Å². The van der Waals surface area contributed by atoms with Gasteiger partial charge in [-0.3, -0.25) is 4.79 Å². The van der Waals surface area contributed by atoms with E-state index in [1.54, 1.807) is 23.1 Å².